The molecule has 3 aromatic carbocycles. The zero-order valence-electron chi connectivity index (χ0n) is 18.4. The monoisotopic (exact) mass is 430 g/mol. The Labute approximate surface area is 189 Å². The summed E-state index contributed by atoms with van der Waals surface area (Å²) < 4.78 is 0. The number of nitrogens with one attached hydrogen (secondary N) is 2. The van der Waals surface area contributed by atoms with Gasteiger partial charge in [-0.25, -0.2) is 0 Å². The van der Waals surface area contributed by atoms with Crippen LogP contribution in [0.2, 0.25) is 0 Å². The normalized spacial score (nSPS) is 12.9. The van der Waals surface area contributed by atoms with Gasteiger partial charge in [-0.1, -0.05) is 105 Å². The quantitative estimate of drug-likeness (QED) is 0.483. The molecule has 166 valence electrons. The molecule has 0 bridgehead atoms. The average molecular weight is 431 g/mol. The molecule has 0 heterocycles. The zero-order valence-corrected chi connectivity index (χ0v) is 18.4. The third kappa shape index (κ3) is 5.83. The van der Waals surface area contributed by atoms with Gasteiger partial charge in [0.25, 0.3) is 0 Å². The van der Waals surface area contributed by atoms with Crippen molar-refractivity contribution in [3.8, 4) is 0 Å². The van der Waals surface area contributed by atoms with Gasteiger partial charge in [0.1, 0.15) is 6.04 Å². The van der Waals surface area contributed by atoms with Gasteiger partial charge in [0.05, 0.1) is 18.6 Å². The Morgan fingerprint density at radius 1 is 0.688 bits per heavy atom. The van der Waals surface area contributed by atoms with Crippen LogP contribution >= 0.6 is 0 Å². The van der Waals surface area contributed by atoms with E-state index in [2.05, 4.69) is 10.6 Å². The summed E-state index contributed by atoms with van der Waals surface area (Å²) in [5.41, 5.74) is 2.52. The second-order valence-corrected chi connectivity index (χ2v) is 8.14. The van der Waals surface area contributed by atoms with E-state index in [1.165, 1.54) is 0 Å². The predicted octanol–water partition coefficient (Wildman–Crippen LogP) is 3.81. The molecule has 0 saturated carbocycles. The molecule has 2 amide bonds. The van der Waals surface area contributed by atoms with Gasteiger partial charge in [-0.15, -0.1) is 0 Å². The van der Waals surface area contributed by atoms with Crippen LogP contribution in [0.15, 0.2) is 91.0 Å². The minimum atomic E-state index is -0.741. The van der Waals surface area contributed by atoms with Crippen LogP contribution in [0.1, 0.15) is 42.5 Å². The number of rotatable bonds is 9. The van der Waals surface area contributed by atoms with Gasteiger partial charge in [0, 0.05) is 0 Å². The van der Waals surface area contributed by atoms with Crippen molar-refractivity contribution in [3.63, 3.8) is 0 Å². The van der Waals surface area contributed by atoms with E-state index >= 15 is 0 Å². The van der Waals surface area contributed by atoms with E-state index in [0.717, 1.165) is 16.7 Å². The van der Waals surface area contributed by atoms with Crippen LogP contribution in [0.25, 0.3) is 0 Å². The van der Waals surface area contributed by atoms with Gasteiger partial charge < -0.3 is 15.7 Å². The molecule has 32 heavy (non-hydrogen) atoms. The number of aliphatic hydroxyl groups excluding tert-OH is 1. The van der Waals surface area contributed by atoms with E-state index in [1.54, 1.807) is 0 Å². The highest BCUT2D eigenvalue weighted by Crippen LogP contribution is 2.25. The van der Waals surface area contributed by atoms with Crippen LogP contribution in [0, 0.1) is 5.92 Å². The second kappa shape index (κ2) is 11.3. The SMILES string of the molecule is CC(C)[C@@H](NC(=O)C(c1ccccc1)c1ccccc1)C(=O)N[C@@H](CO)c1ccccc1. The lowest BCUT2D eigenvalue weighted by Gasteiger charge is -2.27. The van der Waals surface area contributed by atoms with Crippen LogP contribution in [0.4, 0.5) is 0 Å². The summed E-state index contributed by atoms with van der Waals surface area (Å²) in [6, 6.07) is 27.1. The molecule has 2 atom stereocenters. The van der Waals surface area contributed by atoms with E-state index in [9.17, 15) is 14.7 Å². The molecule has 3 aromatic rings. The van der Waals surface area contributed by atoms with Gasteiger partial charge in [-0.2, -0.15) is 0 Å². The van der Waals surface area contributed by atoms with Crippen molar-refractivity contribution in [2.45, 2.75) is 31.8 Å². The summed E-state index contributed by atoms with van der Waals surface area (Å²) in [5, 5.41) is 15.7. The number of benzene rings is 3. The first-order chi connectivity index (χ1) is 15.5. The van der Waals surface area contributed by atoms with E-state index < -0.39 is 18.0 Å². The number of carbonyl (C=O) groups is 2. The fourth-order valence-corrected chi connectivity index (χ4v) is 3.74. The van der Waals surface area contributed by atoms with Gasteiger partial charge in [0.2, 0.25) is 11.8 Å². The summed E-state index contributed by atoms with van der Waals surface area (Å²) >= 11 is 0. The Kier molecular flexibility index (Phi) is 8.17. The fourth-order valence-electron chi connectivity index (χ4n) is 3.74. The standard InChI is InChI=1S/C27H30N2O3/c1-19(2)25(27(32)28-23(18-30)20-12-6-3-7-13-20)29-26(31)24(21-14-8-4-9-15-21)22-16-10-5-11-17-22/h3-17,19,23-25,30H,18H2,1-2H3,(H,28,32)(H,29,31)/t23-,25+/m0/s1. The maximum atomic E-state index is 13.4. The van der Waals surface area contributed by atoms with Crippen LogP contribution < -0.4 is 10.6 Å². The highest BCUT2D eigenvalue weighted by atomic mass is 16.3. The first-order valence-electron chi connectivity index (χ1n) is 10.9. The van der Waals surface area contributed by atoms with Crippen molar-refractivity contribution in [2.24, 2.45) is 5.92 Å². The topological polar surface area (TPSA) is 78.4 Å². The van der Waals surface area contributed by atoms with Crippen molar-refractivity contribution >= 4 is 11.8 Å². The molecule has 3 N–H and O–H groups in total. The molecule has 3 rings (SSSR count). The number of carbonyl (C=O) groups excluding carboxylic acids is 2. The van der Waals surface area contributed by atoms with Crippen molar-refractivity contribution in [1.82, 2.24) is 10.6 Å². The third-order valence-corrected chi connectivity index (χ3v) is 5.48. The maximum absolute atomic E-state index is 13.4. The van der Waals surface area contributed by atoms with Crippen molar-refractivity contribution in [1.29, 1.82) is 0 Å². The Hall–Kier alpha value is -3.44. The second-order valence-electron chi connectivity index (χ2n) is 8.14. The van der Waals surface area contributed by atoms with E-state index in [1.807, 2.05) is 105 Å². The van der Waals surface area contributed by atoms with E-state index in [4.69, 9.17) is 0 Å². The number of hydrogen-bond donors (Lipinski definition) is 3. The summed E-state index contributed by atoms with van der Waals surface area (Å²) in [6.07, 6.45) is 0. The van der Waals surface area contributed by atoms with E-state index in [0.29, 0.717) is 0 Å². The molecule has 0 aliphatic carbocycles. The highest BCUT2D eigenvalue weighted by molar-refractivity contribution is 5.92. The lowest BCUT2D eigenvalue weighted by molar-refractivity contribution is -0.131. The van der Waals surface area contributed by atoms with Crippen LogP contribution in [-0.2, 0) is 9.59 Å². The van der Waals surface area contributed by atoms with Crippen molar-refractivity contribution in [2.75, 3.05) is 6.61 Å². The molecule has 0 unspecified atom stereocenters. The molecule has 0 aliphatic heterocycles. The molecule has 0 aliphatic rings. The Bertz CT molecular complexity index is 952. The van der Waals surface area contributed by atoms with E-state index in [-0.39, 0.29) is 24.3 Å². The number of hydrogen-bond acceptors (Lipinski definition) is 3. The molecule has 0 spiro atoms. The first kappa shape index (κ1) is 23.2. The van der Waals surface area contributed by atoms with Gasteiger partial charge in [0.15, 0.2) is 0 Å². The zero-order chi connectivity index (χ0) is 22.9. The van der Waals surface area contributed by atoms with Crippen molar-refractivity contribution in [3.05, 3.63) is 108 Å². The molecule has 0 fully saturated rings. The molecule has 5 heteroatoms. The van der Waals surface area contributed by atoms with Gasteiger partial charge >= 0.3 is 0 Å². The van der Waals surface area contributed by atoms with Crippen LogP contribution in [-0.4, -0.2) is 29.6 Å². The molecular weight excluding hydrogens is 400 g/mol. The van der Waals surface area contributed by atoms with Gasteiger partial charge in [-0.05, 0) is 22.6 Å². The summed E-state index contributed by atoms with van der Waals surface area (Å²) in [6.45, 7) is 3.55. The molecular formula is C27H30N2O3. The molecule has 0 saturated heterocycles. The minimum Gasteiger partial charge on any atom is -0.394 e. The lowest BCUT2D eigenvalue weighted by atomic mass is 9.89. The van der Waals surface area contributed by atoms with Crippen molar-refractivity contribution < 1.29 is 14.7 Å². The minimum absolute atomic E-state index is 0.138. The Morgan fingerprint density at radius 3 is 1.53 bits per heavy atom. The number of amides is 2. The van der Waals surface area contributed by atoms with Crippen LogP contribution in [0.3, 0.4) is 0 Å². The third-order valence-electron chi connectivity index (χ3n) is 5.48. The van der Waals surface area contributed by atoms with Crippen LogP contribution in [0.5, 0.6) is 0 Å². The summed E-state index contributed by atoms with van der Waals surface area (Å²) in [4.78, 5) is 26.6. The lowest BCUT2D eigenvalue weighted by Crippen LogP contribution is -2.52. The number of aliphatic hydroxyl groups is 1. The maximum Gasteiger partial charge on any atom is 0.243 e. The Morgan fingerprint density at radius 2 is 1.12 bits per heavy atom. The highest BCUT2D eigenvalue weighted by Gasteiger charge is 2.30. The summed E-state index contributed by atoms with van der Waals surface area (Å²) in [5.74, 6) is -1.23. The largest absolute Gasteiger partial charge is 0.394 e. The molecule has 0 aromatic heterocycles. The molecule has 5 nitrogen and oxygen atoms in total. The Balaban J connectivity index is 1.81. The predicted molar refractivity (Wildman–Crippen MR) is 126 cm³/mol. The summed E-state index contributed by atoms with van der Waals surface area (Å²) in [7, 11) is 0. The first-order valence-corrected chi connectivity index (χ1v) is 10.9. The molecule has 0 radical (unpaired) electrons. The smallest absolute Gasteiger partial charge is 0.243 e. The average Bonchev–Trinajstić information content (AvgIpc) is 2.82. The fraction of sp³-hybridized carbons (Fsp3) is 0.259. The van der Waals surface area contributed by atoms with Gasteiger partial charge in [-0.3, -0.25) is 9.59 Å².